The van der Waals surface area contributed by atoms with Crippen LogP contribution in [0.25, 0.3) is 0 Å². The van der Waals surface area contributed by atoms with Crippen molar-refractivity contribution in [3.63, 3.8) is 0 Å². The Hall–Kier alpha value is -0.870. The molecular weight excluding hydrogens is 354 g/mol. The molecule has 1 unspecified atom stereocenters. The molecule has 0 radical (unpaired) electrons. The summed E-state index contributed by atoms with van der Waals surface area (Å²) in [6.45, 7) is 7.32. The molecule has 0 spiro atoms. The minimum Gasteiger partial charge on any atom is -0.462 e. The zero-order valence-electron chi connectivity index (χ0n) is 14.1. The average Bonchev–Trinajstić information content (AvgIpc) is 2.89. The minimum absolute atomic E-state index is 0.0282. The van der Waals surface area contributed by atoms with Gasteiger partial charge in [0.05, 0.1) is 5.41 Å². The Balaban J connectivity index is 1.55. The lowest BCUT2D eigenvalue weighted by Gasteiger charge is -2.29. The predicted octanol–water partition coefficient (Wildman–Crippen LogP) is 4.32. The Labute approximate surface area is 147 Å². The van der Waals surface area contributed by atoms with Gasteiger partial charge in [-0.05, 0) is 48.9 Å². The van der Waals surface area contributed by atoms with E-state index in [-0.39, 0.29) is 17.5 Å². The van der Waals surface area contributed by atoms with Crippen LogP contribution in [0.5, 0.6) is 0 Å². The van der Waals surface area contributed by atoms with E-state index in [1.807, 2.05) is 0 Å². The summed E-state index contributed by atoms with van der Waals surface area (Å²) in [6, 6.07) is 6.59. The van der Waals surface area contributed by atoms with Crippen LogP contribution in [-0.2, 0) is 22.5 Å². The maximum Gasteiger partial charge on any atom is 0.312 e. The molecule has 0 bridgehead atoms. The van der Waals surface area contributed by atoms with Crippen LogP contribution in [0.1, 0.15) is 50.7 Å². The third-order valence-electron chi connectivity index (χ3n) is 5.71. The molecule has 1 saturated heterocycles. The molecule has 1 fully saturated rings. The Morgan fingerprint density at radius 1 is 1.30 bits per heavy atom. The van der Waals surface area contributed by atoms with E-state index in [9.17, 15) is 4.79 Å². The van der Waals surface area contributed by atoms with Crippen molar-refractivity contribution in [2.75, 3.05) is 13.1 Å². The van der Waals surface area contributed by atoms with E-state index < -0.39 is 0 Å². The van der Waals surface area contributed by atoms with Crippen LogP contribution in [0.2, 0.25) is 0 Å². The second-order valence-electron chi connectivity index (χ2n) is 6.95. The number of hydrogen-bond acceptors (Lipinski definition) is 3. The molecule has 2 heterocycles. The molecule has 126 valence electrons. The fourth-order valence-electron chi connectivity index (χ4n) is 3.93. The number of halogens is 1. The van der Waals surface area contributed by atoms with Gasteiger partial charge in [-0.1, -0.05) is 35.8 Å². The van der Waals surface area contributed by atoms with Gasteiger partial charge in [-0.2, -0.15) is 0 Å². The standard InChI is InChI=1S/C19H26BrNO2/c1-3-19(4-2)12-17(23-18(19)22)8-10-21-9-7-14-5-6-16(20)11-15(14)13-21/h5-6,11,17H,3-4,7-10,12-13H2,1-2H3. The van der Waals surface area contributed by atoms with Gasteiger partial charge in [-0.3, -0.25) is 9.69 Å². The van der Waals surface area contributed by atoms with Crippen molar-refractivity contribution < 1.29 is 9.53 Å². The molecule has 0 saturated carbocycles. The average molecular weight is 380 g/mol. The van der Waals surface area contributed by atoms with Gasteiger partial charge in [0.25, 0.3) is 0 Å². The molecule has 2 aliphatic heterocycles. The van der Waals surface area contributed by atoms with Gasteiger partial charge >= 0.3 is 5.97 Å². The number of cyclic esters (lactones) is 1. The molecule has 0 aliphatic carbocycles. The minimum atomic E-state index is -0.218. The first kappa shape index (κ1) is 17.0. The van der Waals surface area contributed by atoms with Crippen LogP contribution in [0, 0.1) is 5.41 Å². The van der Waals surface area contributed by atoms with Crippen molar-refractivity contribution in [1.82, 2.24) is 4.90 Å². The summed E-state index contributed by atoms with van der Waals surface area (Å²) in [7, 11) is 0. The van der Waals surface area contributed by atoms with E-state index in [2.05, 4.69) is 52.9 Å². The summed E-state index contributed by atoms with van der Waals surface area (Å²) in [5.41, 5.74) is 2.67. The topological polar surface area (TPSA) is 29.5 Å². The van der Waals surface area contributed by atoms with Gasteiger partial charge in [0.2, 0.25) is 0 Å². The van der Waals surface area contributed by atoms with Crippen molar-refractivity contribution in [2.24, 2.45) is 5.41 Å². The van der Waals surface area contributed by atoms with Crippen molar-refractivity contribution >= 4 is 21.9 Å². The lowest BCUT2D eigenvalue weighted by molar-refractivity contribution is -0.149. The van der Waals surface area contributed by atoms with Gasteiger partial charge < -0.3 is 4.74 Å². The molecule has 4 heteroatoms. The van der Waals surface area contributed by atoms with E-state index in [0.717, 1.165) is 56.2 Å². The molecule has 0 amide bonds. The summed E-state index contributed by atoms with van der Waals surface area (Å²) in [5, 5.41) is 0. The molecule has 3 nitrogen and oxygen atoms in total. The number of esters is 1. The number of benzene rings is 1. The van der Waals surface area contributed by atoms with Crippen molar-refractivity contribution in [1.29, 1.82) is 0 Å². The second kappa shape index (κ2) is 6.94. The van der Waals surface area contributed by atoms with Crippen LogP contribution < -0.4 is 0 Å². The van der Waals surface area contributed by atoms with Gasteiger partial charge in [-0.25, -0.2) is 0 Å². The Morgan fingerprint density at radius 2 is 2.09 bits per heavy atom. The lowest BCUT2D eigenvalue weighted by Crippen LogP contribution is -2.33. The summed E-state index contributed by atoms with van der Waals surface area (Å²) >= 11 is 3.56. The highest BCUT2D eigenvalue weighted by Crippen LogP contribution is 2.41. The fraction of sp³-hybridized carbons (Fsp3) is 0.632. The number of fused-ring (bicyclic) bond motifs is 1. The Bertz CT molecular complexity index is 583. The van der Waals surface area contributed by atoms with Gasteiger partial charge in [-0.15, -0.1) is 0 Å². The summed E-state index contributed by atoms with van der Waals surface area (Å²) in [5.74, 6) is 0.0282. The first-order chi connectivity index (χ1) is 11.1. The van der Waals surface area contributed by atoms with E-state index >= 15 is 0 Å². The molecule has 1 atom stereocenters. The highest BCUT2D eigenvalue weighted by atomic mass is 79.9. The van der Waals surface area contributed by atoms with E-state index in [1.54, 1.807) is 0 Å². The predicted molar refractivity (Wildman–Crippen MR) is 95.3 cm³/mol. The van der Waals surface area contributed by atoms with Crippen molar-refractivity contribution in [2.45, 2.75) is 58.6 Å². The van der Waals surface area contributed by atoms with Crippen molar-refractivity contribution in [3.8, 4) is 0 Å². The monoisotopic (exact) mass is 379 g/mol. The lowest BCUT2D eigenvalue weighted by atomic mass is 9.79. The number of hydrogen-bond donors (Lipinski definition) is 0. The Morgan fingerprint density at radius 3 is 2.78 bits per heavy atom. The number of nitrogens with zero attached hydrogens (tertiary/aromatic N) is 1. The largest absolute Gasteiger partial charge is 0.462 e. The zero-order chi connectivity index (χ0) is 16.4. The molecule has 0 aromatic heterocycles. The molecule has 1 aromatic carbocycles. The maximum absolute atomic E-state index is 12.2. The molecular formula is C19H26BrNO2. The van der Waals surface area contributed by atoms with Gasteiger partial charge in [0, 0.05) is 30.5 Å². The highest BCUT2D eigenvalue weighted by molar-refractivity contribution is 9.10. The van der Waals surface area contributed by atoms with Crippen LogP contribution in [-0.4, -0.2) is 30.1 Å². The number of carbonyl (C=O) groups excluding carboxylic acids is 1. The van der Waals surface area contributed by atoms with E-state index in [1.165, 1.54) is 11.1 Å². The SMILES string of the molecule is CCC1(CC)CC(CCN2CCc3ccc(Br)cc3C2)OC1=O. The maximum atomic E-state index is 12.2. The highest BCUT2D eigenvalue weighted by Gasteiger charge is 2.46. The molecule has 2 aliphatic rings. The third-order valence-corrected chi connectivity index (χ3v) is 6.20. The Kier molecular flexibility index (Phi) is 5.12. The van der Waals surface area contributed by atoms with Gasteiger partial charge in [0.1, 0.15) is 6.10 Å². The number of carbonyl (C=O) groups is 1. The molecule has 0 N–H and O–H groups in total. The summed E-state index contributed by atoms with van der Waals surface area (Å²) < 4.78 is 6.82. The van der Waals surface area contributed by atoms with E-state index in [0.29, 0.717) is 0 Å². The zero-order valence-corrected chi connectivity index (χ0v) is 15.7. The molecule has 3 rings (SSSR count). The molecule has 1 aromatic rings. The van der Waals surface area contributed by atoms with Crippen LogP contribution in [0.15, 0.2) is 22.7 Å². The van der Waals surface area contributed by atoms with E-state index in [4.69, 9.17) is 4.74 Å². The normalized spacial score (nSPS) is 23.6. The van der Waals surface area contributed by atoms with Crippen molar-refractivity contribution in [3.05, 3.63) is 33.8 Å². The fourth-order valence-corrected chi connectivity index (χ4v) is 4.34. The molecule has 23 heavy (non-hydrogen) atoms. The van der Waals surface area contributed by atoms with Gasteiger partial charge in [0.15, 0.2) is 0 Å². The first-order valence-corrected chi connectivity index (χ1v) is 9.56. The quantitative estimate of drug-likeness (QED) is 0.713. The number of ether oxygens (including phenoxy) is 1. The number of rotatable bonds is 5. The van der Waals surface area contributed by atoms with Crippen LogP contribution in [0.4, 0.5) is 0 Å². The smallest absolute Gasteiger partial charge is 0.312 e. The third kappa shape index (κ3) is 3.48. The second-order valence-corrected chi connectivity index (χ2v) is 7.86. The first-order valence-electron chi connectivity index (χ1n) is 8.77. The van der Waals surface area contributed by atoms with Crippen LogP contribution >= 0.6 is 15.9 Å². The summed E-state index contributed by atoms with van der Waals surface area (Å²) in [6.07, 6.45) is 4.85. The van der Waals surface area contributed by atoms with Crippen LogP contribution in [0.3, 0.4) is 0 Å². The summed E-state index contributed by atoms with van der Waals surface area (Å²) in [4.78, 5) is 14.7.